The molecule has 2 heterocycles. The first kappa shape index (κ1) is 21.8. The number of carbonyl (C=O) groups excluding carboxylic acids is 1. The summed E-state index contributed by atoms with van der Waals surface area (Å²) in [7, 11) is -5.34. The maximum atomic E-state index is 12.8. The predicted molar refractivity (Wildman–Crippen MR) is 110 cm³/mol. The van der Waals surface area contributed by atoms with Gasteiger partial charge in [0.1, 0.15) is 0 Å². The van der Waals surface area contributed by atoms with E-state index in [0.29, 0.717) is 31.4 Å². The van der Waals surface area contributed by atoms with Gasteiger partial charge in [-0.3, -0.25) is 4.79 Å². The molecule has 1 aromatic rings. The van der Waals surface area contributed by atoms with Gasteiger partial charge in [0.2, 0.25) is 0 Å². The van der Waals surface area contributed by atoms with Gasteiger partial charge < -0.3 is 10.2 Å². The number of rotatable bonds is 2. The van der Waals surface area contributed by atoms with Crippen LogP contribution in [0.3, 0.4) is 0 Å². The van der Waals surface area contributed by atoms with Gasteiger partial charge >= 0.3 is 15.5 Å². The van der Waals surface area contributed by atoms with Crippen molar-refractivity contribution in [2.75, 3.05) is 36.4 Å². The molecule has 0 radical (unpaired) electrons. The van der Waals surface area contributed by atoms with Crippen LogP contribution in [0.5, 0.6) is 0 Å². The van der Waals surface area contributed by atoms with Crippen LogP contribution in [0.2, 0.25) is 5.02 Å². The lowest BCUT2D eigenvalue weighted by Gasteiger charge is -2.36. The normalized spacial score (nSPS) is 20.5. The number of thioether (sulfide) groups is 1. The van der Waals surface area contributed by atoms with E-state index < -0.39 is 15.5 Å². The number of alkyl halides is 3. The van der Waals surface area contributed by atoms with Crippen molar-refractivity contribution in [2.24, 2.45) is 0 Å². The summed E-state index contributed by atoms with van der Waals surface area (Å²) in [5, 5.41) is 3.84. The largest absolute Gasteiger partial charge is 0.511 e. The molecule has 0 bridgehead atoms. The Morgan fingerprint density at radius 3 is 2.40 bits per heavy atom. The number of hydrogen-bond acceptors (Lipinski definition) is 6. The second-order valence-corrected chi connectivity index (χ2v) is 10.7. The van der Waals surface area contributed by atoms with Crippen LogP contribution in [0.4, 0.5) is 24.5 Å². The smallest absolute Gasteiger partial charge is 0.369 e. The van der Waals surface area contributed by atoms with E-state index in [-0.39, 0.29) is 38.4 Å². The fourth-order valence-corrected chi connectivity index (χ4v) is 6.18. The molecule has 0 atom stereocenters. The van der Waals surface area contributed by atoms with E-state index in [4.69, 9.17) is 23.2 Å². The lowest BCUT2D eigenvalue weighted by atomic mass is 10.1. The van der Waals surface area contributed by atoms with Crippen LogP contribution in [0.15, 0.2) is 38.7 Å². The Balaban J connectivity index is 1.55. The molecule has 0 amide bonds. The lowest BCUT2D eigenvalue weighted by molar-refractivity contribution is -0.114. The molecule has 0 unspecified atom stereocenters. The summed E-state index contributed by atoms with van der Waals surface area (Å²) in [5.41, 5.74) is -3.40. The van der Waals surface area contributed by atoms with Crippen LogP contribution in [0.1, 0.15) is 6.42 Å². The number of benzene rings is 1. The molecule has 0 spiro atoms. The van der Waals surface area contributed by atoms with Crippen LogP contribution in [-0.2, 0) is 14.8 Å². The maximum Gasteiger partial charge on any atom is 0.511 e. The second kappa shape index (κ2) is 7.63. The summed E-state index contributed by atoms with van der Waals surface area (Å²) < 4.78 is 61.9. The number of sulfonamides is 1. The minimum Gasteiger partial charge on any atom is -0.369 e. The highest BCUT2D eigenvalue weighted by Gasteiger charge is 2.50. The van der Waals surface area contributed by atoms with E-state index in [1.807, 2.05) is 6.07 Å². The van der Waals surface area contributed by atoms with Crippen LogP contribution in [0, 0.1) is 0 Å². The van der Waals surface area contributed by atoms with Crippen LogP contribution in [-0.4, -0.2) is 50.2 Å². The van der Waals surface area contributed by atoms with Crippen molar-refractivity contribution in [1.82, 2.24) is 4.31 Å². The SMILES string of the molecule is O=C1C=C(Cl)C2=C(C1)Sc1cc(N3CCN(S(=O)(=O)C(F)(F)F)CC3)cc(Cl)c1N2. The fraction of sp³-hybridized carbons (Fsp3) is 0.353. The number of anilines is 2. The van der Waals surface area contributed by atoms with E-state index in [1.165, 1.54) is 17.8 Å². The maximum absolute atomic E-state index is 12.8. The second-order valence-electron chi connectivity index (χ2n) is 6.80. The summed E-state index contributed by atoms with van der Waals surface area (Å²) in [6.07, 6.45) is 1.56. The summed E-state index contributed by atoms with van der Waals surface area (Å²) >= 11 is 13.9. The molecular formula is C17H14Cl2F3N3O3S2. The molecule has 1 saturated heterocycles. The molecular weight excluding hydrogens is 486 g/mol. The molecule has 1 fully saturated rings. The highest BCUT2D eigenvalue weighted by molar-refractivity contribution is 8.03. The minimum atomic E-state index is -5.34. The molecule has 162 valence electrons. The van der Waals surface area contributed by atoms with Crippen LogP contribution in [0.25, 0.3) is 0 Å². The third kappa shape index (κ3) is 3.81. The molecule has 13 heteroatoms. The summed E-state index contributed by atoms with van der Waals surface area (Å²) in [6, 6.07) is 3.48. The van der Waals surface area contributed by atoms with Gasteiger partial charge in [0.05, 0.1) is 21.4 Å². The van der Waals surface area contributed by atoms with Crippen LogP contribution >= 0.6 is 35.0 Å². The molecule has 30 heavy (non-hydrogen) atoms. The summed E-state index contributed by atoms with van der Waals surface area (Å²) in [4.78, 5) is 15.1. The Morgan fingerprint density at radius 1 is 1.10 bits per heavy atom. The van der Waals surface area contributed by atoms with E-state index in [2.05, 4.69) is 5.32 Å². The molecule has 1 aliphatic carbocycles. The average molecular weight is 500 g/mol. The molecule has 6 nitrogen and oxygen atoms in total. The van der Waals surface area contributed by atoms with Gasteiger partial charge in [-0.1, -0.05) is 35.0 Å². The van der Waals surface area contributed by atoms with E-state index in [0.717, 1.165) is 9.80 Å². The number of halogens is 5. The van der Waals surface area contributed by atoms with Crippen molar-refractivity contribution in [3.63, 3.8) is 0 Å². The molecule has 0 saturated carbocycles. The first-order chi connectivity index (χ1) is 14.0. The molecule has 1 N–H and O–H groups in total. The van der Waals surface area contributed by atoms with E-state index in [1.54, 1.807) is 11.0 Å². The Morgan fingerprint density at radius 2 is 1.77 bits per heavy atom. The van der Waals surface area contributed by atoms with Crippen molar-refractivity contribution in [3.05, 3.63) is 38.9 Å². The summed E-state index contributed by atoms with van der Waals surface area (Å²) in [6.45, 7) is -0.397. The van der Waals surface area contributed by atoms with Crippen molar-refractivity contribution in [3.8, 4) is 0 Å². The average Bonchev–Trinajstić information content (AvgIpc) is 2.66. The first-order valence-electron chi connectivity index (χ1n) is 8.70. The topological polar surface area (TPSA) is 69.7 Å². The predicted octanol–water partition coefficient (Wildman–Crippen LogP) is 4.14. The number of hydrogen-bond donors (Lipinski definition) is 1. The first-order valence-corrected chi connectivity index (χ1v) is 11.7. The standard InChI is InChI=1S/C17H14Cl2F3N3O3S2/c18-11-5-9(24-1-3-25(4-2-24)30(27,28)17(20,21)22)6-13-15(11)23-16-12(19)7-10(26)8-14(16)29-13/h5-7,23H,1-4,8H2. The minimum absolute atomic E-state index is 0.0868. The number of nitrogens with one attached hydrogen (secondary N) is 1. The molecule has 2 aliphatic heterocycles. The molecule has 3 aliphatic rings. The van der Waals surface area contributed by atoms with Gasteiger partial charge in [0.15, 0.2) is 5.78 Å². The Labute approximate surface area is 184 Å². The van der Waals surface area contributed by atoms with Crippen molar-refractivity contribution in [2.45, 2.75) is 16.8 Å². The molecule has 4 rings (SSSR count). The third-order valence-corrected chi connectivity index (χ3v) is 8.26. The van der Waals surface area contributed by atoms with Gasteiger partial charge in [-0.25, -0.2) is 8.42 Å². The number of carbonyl (C=O) groups is 1. The fourth-order valence-electron chi connectivity index (χ4n) is 3.40. The van der Waals surface area contributed by atoms with E-state index in [9.17, 15) is 26.4 Å². The summed E-state index contributed by atoms with van der Waals surface area (Å²) in [5.74, 6) is -0.110. The zero-order valence-electron chi connectivity index (χ0n) is 15.1. The highest BCUT2D eigenvalue weighted by atomic mass is 35.5. The number of piperazine rings is 1. The van der Waals surface area contributed by atoms with Crippen molar-refractivity contribution < 1.29 is 26.4 Å². The van der Waals surface area contributed by atoms with Gasteiger partial charge in [0, 0.05) is 54.2 Å². The third-order valence-electron chi connectivity index (χ3n) is 4.90. The molecule has 0 aromatic heterocycles. The Bertz CT molecular complexity index is 1100. The number of nitrogens with zero attached hydrogens (tertiary/aromatic N) is 2. The lowest BCUT2D eigenvalue weighted by Crippen LogP contribution is -2.52. The highest BCUT2D eigenvalue weighted by Crippen LogP contribution is 2.49. The van der Waals surface area contributed by atoms with Gasteiger partial charge in [-0.05, 0) is 12.1 Å². The van der Waals surface area contributed by atoms with Gasteiger partial charge in [0.25, 0.3) is 0 Å². The Kier molecular flexibility index (Phi) is 5.55. The van der Waals surface area contributed by atoms with Crippen LogP contribution < -0.4 is 10.2 Å². The van der Waals surface area contributed by atoms with Crippen molar-refractivity contribution in [1.29, 1.82) is 0 Å². The van der Waals surface area contributed by atoms with Gasteiger partial charge in [-0.2, -0.15) is 17.5 Å². The number of allylic oxidation sites excluding steroid dienone is 3. The van der Waals surface area contributed by atoms with E-state index >= 15 is 0 Å². The molecule has 1 aromatic carbocycles. The monoisotopic (exact) mass is 499 g/mol. The number of ketones is 1. The van der Waals surface area contributed by atoms with Crippen molar-refractivity contribution >= 4 is 62.1 Å². The zero-order chi connectivity index (χ0) is 21.8. The van der Waals surface area contributed by atoms with Gasteiger partial charge in [-0.15, -0.1) is 0 Å². The quantitative estimate of drug-likeness (QED) is 0.659. The Hall–Kier alpha value is -1.40. The number of fused-ring (bicyclic) bond motifs is 1. The zero-order valence-corrected chi connectivity index (χ0v) is 18.2.